The molecule has 35 heavy (non-hydrogen) atoms. The standard InChI is InChI=1S/C27H34N4O4/c1-2-34-23-10-4-3-8-20(23)18-30-15-12-21(13-16-30)27(24-11-5-6-14-28-24)25(32)31(26(33)29-27)19-22-9-7-17-35-22/h3-6,8,10-11,14,21-22H,2,7,9,12-13,15-19H2,1H3,(H,29,33)/t22-,27+/m1/s1. The Hall–Kier alpha value is -2.97. The SMILES string of the molecule is CCOc1ccccc1CN1CCC([C@@]2(c3ccccn3)NC(=O)N(C[C@H]3CCCO3)C2=O)CC1. The average Bonchev–Trinajstić information content (AvgIpc) is 3.49. The maximum atomic E-state index is 13.9. The number of nitrogens with one attached hydrogen (secondary N) is 1. The number of carbonyl (C=O) groups is 2. The van der Waals surface area contributed by atoms with E-state index >= 15 is 0 Å². The van der Waals surface area contributed by atoms with E-state index in [0.717, 1.165) is 51.1 Å². The molecule has 8 heteroatoms. The van der Waals surface area contributed by atoms with Crippen molar-refractivity contribution in [3.05, 3.63) is 59.9 Å². The Bertz CT molecular complexity index is 1030. The number of carbonyl (C=O) groups excluding carboxylic acids is 2. The number of rotatable bonds is 8. The Kier molecular flexibility index (Phi) is 7.02. The Morgan fingerprint density at radius 2 is 1.91 bits per heavy atom. The fraction of sp³-hybridized carbons (Fsp3) is 0.519. The molecule has 3 aliphatic rings. The first kappa shape index (κ1) is 23.8. The Morgan fingerprint density at radius 3 is 2.63 bits per heavy atom. The highest BCUT2D eigenvalue weighted by Crippen LogP contribution is 2.41. The van der Waals surface area contributed by atoms with Crippen molar-refractivity contribution >= 4 is 11.9 Å². The molecule has 5 rings (SSSR count). The summed E-state index contributed by atoms with van der Waals surface area (Å²) >= 11 is 0. The first-order valence-corrected chi connectivity index (χ1v) is 12.7. The molecule has 3 amide bonds. The molecule has 0 saturated carbocycles. The number of amides is 3. The number of nitrogens with zero attached hydrogens (tertiary/aromatic N) is 3. The first-order valence-electron chi connectivity index (χ1n) is 12.7. The molecule has 0 spiro atoms. The number of aromatic nitrogens is 1. The third kappa shape index (κ3) is 4.65. The molecule has 2 atom stereocenters. The average molecular weight is 479 g/mol. The van der Waals surface area contributed by atoms with Crippen LogP contribution in [0.2, 0.25) is 0 Å². The normalized spacial score (nSPS) is 25.7. The van der Waals surface area contributed by atoms with Gasteiger partial charge in [-0.1, -0.05) is 24.3 Å². The van der Waals surface area contributed by atoms with Gasteiger partial charge in [-0.3, -0.25) is 19.6 Å². The highest BCUT2D eigenvalue weighted by molar-refractivity contribution is 6.07. The molecule has 1 aromatic carbocycles. The van der Waals surface area contributed by atoms with E-state index in [0.29, 0.717) is 25.5 Å². The van der Waals surface area contributed by atoms with Crippen molar-refractivity contribution in [2.75, 3.05) is 32.8 Å². The Labute approximate surface area is 206 Å². The smallest absolute Gasteiger partial charge is 0.325 e. The molecule has 0 unspecified atom stereocenters. The number of ether oxygens (including phenoxy) is 2. The van der Waals surface area contributed by atoms with Crippen LogP contribution < -0.4 is 10.1 Å². The van der Waals surface area contributed by atoms with Crippen molar-refractivity contribution in [2.24, 2.45) is 5.92 Å². The maximum absolute atomic E-state index is 13.9. The first-order chi connectivity index (χ1) is 17.1. The van der Waals surface area contributed by atoms with Crippen LogP contribution in [0.15, 0.2) is 48.7 Å². The van der Waals surface area contributed by atoms with Gasteiger partial charge in [0.25, 0.3) is 5.91 Å². The van der Waals surface area contributed by atoms with E-state index in [1.54, 1.807) is 6.20 Å². The lowest BCUT2D eigenvalue weighted by atomic mass is 9.75. The molecular weight excluding hydrogens is 444 g/mol. The van der Waals surface area contributed by atoms with Gasteiger partial charge in [-0.25, -0.2) is 4.79 Å². The summed E-state index contributed by atoms with van der Waals surface area (Å²) in [6.07, 6.45) is 5.01. The molecule has 4 heterocycles. The zero-order valence-corrected chi connectivity index (χ0v) is 20.3. The summed E-state index contributed by atoms with van der Waals surface area (Å²) in [4.78, 5) is 35.3. The zero-order valence-electron chi connectivity index (χ0n) is 20.3. The molecule has 3 saturated heterocycles. The van der Waals surface area contributed by atoms with Gasteiger partial charge in [0, 0.05) is 24.9 Å². The summed E-state index contributed by atoms with van der Waals surface area (Å²) in [7, 11) is 0. The van der Waals surface area contributed by atoms with Crippen LogP contribution in [0.5, 0.6) is 5.75 Å². The van der Waals surface area contributed by atoms with E-state index in [4.69, 9.17) is 9.47 Å². The number of para-hydroxylation sites is 1. The van der Waals surface area contributed by atoms with Crippen LogP contribution in [0.4, 0.5) is 4.79 Å². The van der Waals surface area contributed by atoms with Gasteiger partial charge in [0.05, 0.1) is 24.9 Å². The Morgan fingerprint density at radius 1 is 1.11 bits per heavy atom. The lowest BCUT2D eigenvalue weighted by Crippen LogP contribution is -2.54. The van der Waals surface area contributed by atoms with Crippen LogP contribution in [-0.4, -0.2) is 65.7 Å². The number of piperidine rings is 1. The van der Waals surface area contributed by atoms with E-state index < -0.39 is 5.54 Å². The van der Waals surface area contributed by atoms with Gasteiger partial charge in [0.2, 0.25) is 0 Å². The van der Waals surface area contributed by atoms with Crippen LogP contribution in [-0.2, 0) is 21.6 Å². The fourth-order valence-corrected chi connectivity index (χ4v) is 5.70. The predicted molar refractivity (Wildman–Crippen MR) is 131 cm³/mol. The van der Waals surface area contributed by atoms with Crippen LogP contribution in [0.25, 0.3) is 0 Å². The van der Waals surface area contributed by atoms with Gasteiger partial charge in [0.1, 0.15) is 5.75 Å². The minimum Gasteiger partial charge on any atom is -0.494 e. The third-order valence-corrected chi connectivity index (χ3v) is 7.48. The summed E-state index contributed by atoms with van der Waals surface area (Å²) in [6, 6.07) is 13.4. The molecule has 3 aliphatic heterocycles. The third-order valence-electron chi connectivity index (χ3n) is 7.48. The van der Waals surface area contributed by atoms with E-state index in [-0.39, 0.29) is 24.0 Å². The quantitative estimate of drug-likeness (QED) is 0.586. The number of imide groups is 1. The van der Waals surface area contributed by atoms with Gasteiger partial charge < -0.3 is 14.8 Å². The summed E-state index contributed by atoms with van der Waals surface area (Å²) in [5.74, 6) is 0.684. The topological polar surface area (TPSA) is 84.0 Å². The minimum absolute atomic E-state index is 0.0401. The molecule has 8 nitrogen and oxygen atoms in total. The van der Waals surface area contributed by atoms with Crippen LogP contribution in [0.1, 0.15) is 43.9 Å². The van der Waals surface area contributed by atoms with Gasteiger partial charge in [0.15, 0.2) is 5.54 Å². The number of pyridine rings is 1. The van der Waals surface area contributed by atoms with E-state index in [1.807, 2.05) is 43.3 Å². The highest BCUT2D eigenvalue weighted by Gasteiger charge is 2.58. The number of urea groups is 1. The number of hydrogen-bond acceptors (Lipinski definition) is 6. The summed E-state index contributed by atoms with van der Waals surface area (Å²) < 4.78 is 11.5. The molecule has 1 aromatic heterocycles. The molecule has 0 radical (unpaired) electrons. The molecule has 3 fully saturated rings. The van der Waals surface area contributed by atoms with E-state index in [1.165, 1.54) is 10.5 Å². The second-order valence-corrected chi connectivity index (χ2v) is 9.60. The fourth-order valence-electron chi connectivity index (χ4n) is 5.70. The summed E-state index contributed by atoms with van der Waals surface area (Å²) in [5, 5.41) is 3.10. The predicted octanol–water partition coefficient (Wildman–Crippen LogP) is 3.32. The van der Waals surface area contributed by atoms with Crippen molar-refractivity contribution in [1.82, 2.24) is 20.1 Å². The van der Waals surface area contributed by atoms with Crippen LogP contribution in [0.3, 0.4) is 0 Å². The van der Waals surface area contributed by atoms with Gasteiger partial charge in [-0.2, -0.15) is 0 Å². The molecule has 2 aromatic rings. The number of hydrogen-bond donors (Lipinski definition) is 1. The van der Waals surface area contributed by atoms with Crippen LogP contribution in [0, 0.1) is 5.92 Å². The van der Waals surface area contributed by atoms with Crippen molar-refractivity contribution in [2.45, 2.75) is 50.8 Å². The second-order valence-electron chi connectivity index (χ2n) is 9.60. The lowest BCUT2D eigenvalue weighted by Gasteiger charge is -2.40. The van der Waals surface area contributed by atoms with Gasteiger partial charge >= 0.3 is 6.03 Å². The highest BCUT2D eigenvalue weighted by atomic mass is 16.5. The number of benzene rings is 1. The van der Waals surface area contributed by atoms with E-state index in [9.17, 15) is 9.59 Å². The van der Waals surface area contributed by atoms with Crippen molar-refractivity contribution in [3.63, 3.8) is 0 Å². The Balaban J connectivity index is 1.34. The monoisotopic (exact) mass is 478 g/mol. The molecular formula is C27H34N4O4. The second kappa shape index (κ2) is 10.3. The van der Waals surface area contributed by atoms with Crippen molar-refractivity contribution in [3.8, 4) is 5.75 Å². The largest absolute Gasteiger partial charge is 0.494 e. The maximum Gasteiger partial charge on any atom is 0.325 e. The molecule has 1 N–H and O–H groups in total. The zero-order chi connectivity index (χ0) is 24.3. The molecule has 0 aliphatic carbocycles. The van der Waals surface area contributed by atoms with Crippen LogP contribution >= 0.6 is 0 Å². The lowest BCUT2D eigenvalue weighted by molar-refractivity contribution is -0.135. The van der Waals surface area contributed by atoms with Crippen molar-refractivity contribution in [1.29, 1.82) is 0 Å². The van der Waals surface area contributed by atoms with Gasteiger partial charge in [-0.15, -0.1) is 0 Å². The minimum atomic E-state index is -1.13. The van der Waals surface area contributed by atoms with Crippen molar-refractivity contribution < 1.29 is 19.1 Å². The summed E-state index contributed by atoms with van der Waals surface area (Å²) in [6.45, 7) is 6.06. The number of likely N-dealkylation sites (tertiary alicyclic amines) is 1. The molecule has 0 bridgehead atoms. The molecule has 186 valence electrons. The van der Waals surface area contributed by atoms with E-state index in [2.05, 4.69) is 21.3 Å². The summed E-state index contributed by atoms with van der Waals surface area (Å²) in [5.41, 5.74) is 0.653. The van der Waals surface area contributed by atoms with Gasteiger partial charge in [-0.05, 0) is 69.8 Å².